The van der Waals surface area contributed by atoms with Crippen molar-refractivity contribution in [3.63, 3.8) is 0 Å². The number of H-pyrrole nitrogens is 1. The van der Waals surface area contributed by atoms with E-state index in [9.17, 15) is 14.4 Å². The van der Waals surface area contributed by atoms with E-state index in [1.54, 1.807) is 12.1 Å². The van der Waals surface area contributed by atoms with Crippen LogP contribution in [0.2, 0.25) is 0 Å². The largest absolute Gasteiger partial charge is 0.445 e. The van der Waals surface area contributed by atoms with Crippen LogP contribution in [-0.4, -0.2) is 34.6 Å². The maximum absolute atomic E-state index is 13.4. The number of ether oxygens (including phenoxy) is 1. The minimum absolute atomic E-state index is 0.00848. The summed E-state index contributed by atoms with van der Waals surface area (Å²) in [5, 5.41) is 10.8. The third-order valence-corrected chi connectivity index (χ3v) is 6.63. The van der Waals surface area contributed by atoms with Crippen molar-refractivity contribution < 1.29 is 19.1 Å². The molecule has 0 spiro atoms. The molecule has 0 saturated carbocycles. The van der Waals surface area contributed by atoms with Crippen LogP contribution in [-0.2, 0) is 27.4 Å². The molecule has 3 amide bonds. The van der Waals surface area contributed by atoms with E-state index in [0.717, 1.165) is 33.3 Å². The lowest BCUT2D eigenvalue weighted by Gasteiger charge is -2.20. The monoisotopic (exact) mass is 523 g/mol. The maximum Gasteiger partial charge on any atom is 0.408 e. The summed E-state index contributed by atoms with van der Waals surface area (Å²) in [5.41, 5.74) is 7.43. The van der Waals surface area contributed by atoms with Gasteiger partial charge in [0.15, 0.2) is 0 Å². The number of nitrogens with zero attached hydrogens (tertiary/aromatic N) is 1. The lowest BCUT2D eigenvalue weighted by Crippen LogP contribution is -2.45. The predicted molar refractivity (Wildman–Crippen MR) is 149 cm³/mol. The first-order valence-electron chi connectivity index (χ1n) is 12.8. The fraction of sp³-hybridized carbons (Fsp3) is 0.200. The molecule has 9 heteroatoms. The molecule has 2 heterocycles. The Morgan fingerprint density at radius 3 is 2.54 bits per heavy atom. The molecule has 1 unspecified atom stereocenters. The van der Waals surface area contributed by atoms with Crippen molar-refractivity contribution in [2.75, 3.05) is 5.32 Å². The Kier molecular flexibility index (Phi) is 7.68. The Balaban J connectivity index is 1.30. The van der Waals surface area contributed by atoms with Crippen LogP contribution >= 0.6 is 0 Å². The van der Waals surface area contributed by atoms with Gasteiger partial charge in [0.05, 0.1) is 5.71 Å². The smallest absolute Gasteiger partial charge is 0.408 e. The van der Waals surface area contributed by atoms with E-state index < -0.39 is 12.1 Å². The van der Waals surface area contributed by atoms with Gasteiger partial charge in [0.1, 0.15) is 12.6 Å². The van der Waals surface area contributed by atoms with E-state index in [0.29, 0.717) is 12.1 Å². The van der Waals surface area contributed by atoms with Crippen LogP contribution in [0.3, 0.4) is 0 Å². The fourth-order valence-electron chi connectivity index (χ4n) is 4.59. The molecule has 198 valence electrons. The summed E-state index contributed by atoms with van der Waals surface area (Å²) in [6, 6.07) is 23.5. The second-order valence-corrected chi connectivity index (χ2v) is 9.53. The number of para-hydroxylation sites is 1. The van der Waals surface area contributed by atoms with Crippen LogP contribution in [0.1, 0.15) is 30.0 Å². The molecule has 4 aromatic rings. The highest BCUT2D eigenvalue weighted by Gasteiger charge is 2.25. The summed E-state index contributed by atoms with van der Waals surface area (Å²) >= 11 is 0. The number of hydrogen-bond acceptors (Lipinski definition) is 5. The summed E-state index contributed by atoms with van der Waals surface area (Å²) in [6.07, 6.45) is 1.81. The molecule has 5 rings (SSSR count). The molecule has 0 radical (unpaired) electrons. The van der Waals surface area contributed by atoms with Crippen LogP contribution in [0.15, 0.2) is 90.2 Å². The van der Waals surface area contributed by atoms with Gasteiger partial charge in [0, 0.05) is 41.5 Å². The zero-order valence-corrected chi connectivity index (χ0v) is 21.4. The van der Waals surface area contributed by atoms with Gasteiger partial charge in [-0.3, -0.25) is 9.59 Å². The van der Waals surface area contributed by atoms with Crippen molar-refractivity contribution in [2.24, 2.45) is 11.0 Å². The quantitative estimate of drug-likeness (QED) is 0.271. The van der Waals surface area contributed by atoms with Crippen molar-refractivity contribution in [1.29, 1.82) is 0 Å². The highest BCUT2D eigenvalue weighted by molar-refractivity contribution is 6.06. The summed E-state index contributed by atoms with van der Waals surface area (Å²) in [6.45, 7) is 2.05. The maximum atomic E-state index is 13.4. The van der Waals surface area contributed by atoms with E-state index in [1.165, 1.54) is 0 Å². The van der Waals surface area contributed by atoms with E-state index in [4.69, 9.17) is 4.74 Å². The highest BCUT2D eigenvalue weighted by Crippen LogP contribution is 2.21. The molecule has 39 heavy (non-hydrogen) atoms. The minimum atomic E-state index is -0.884. The van der Waals surface area contributed by atoms with Gasteiger partial charge in [-0.1, -0.05) is 67.6 Å². The topological polar surface area (TPSA) is 125 Å². The third-order valence-electron chi connectivity index (χ3n) is 6.63. The molecule has 0 saturated heterocycles. The lowest BCUT2D eigenvalue weighted by atomic mass is 9.94. The second kappa shape index (κ2) is 11.6. The standard InChI is InChI=1S/C30H29N5O4/c1-19-15-27(36)34-35-28(19)21-11-13-23(14-12-21)32-29(37)26(16-22-17-31-25-10-6-5-9-24(22)25)33-30(38)39-18-20-7-3-2-4-8-20/h2-14,17,19,26,31H,15-16,18H2,1H3,(H,32,37)(H,33,38)(H,34,36)/t19?,26-/m0/s1. The first kappa shape index (κ1) is 25.7. The Labute approximate surface area is 225 Å². The molecule has 9 nitrogen and oxygen atoms in total. The Morgan fingerprint density at radius 2 is 1.77 bits per heavy atom. The zero-order valence-electron chi connectivity index (χ0n) is 21.4. The molecule has 0 fully saturated rings. The molecule has 3 aromatic carbocycles. The molecule has 4 N–H and O–H groups in total. The first-order chi connectivity index (χ1) is 19.0. The fourth-order valence-corrected chi connectivity index (χ4v) is 4.59. The van der Waals surface area contributed by atoms with Crippen molar-refractivity contribution in [2.45, 2.75) is 32.4 Å². The summed E-state index contributed by atoms with van der Waals surface area (Å²) in [5.74, 6) is -0.489. The SMILES string of the molecule is CC1CC(=O)NN=C1c1ccc(NC(=O)[C@H](Cc2c[nH]c3ccccc23)NC(=O)OCc2ccccc2)cc1. The molecular formula is C30H29N5O4. The number of fused-ring (bicyclic) bond motifs is 1. The number of hydrogen-bond donors (Lipinski definition) is 4. The summed E-state index contributed by atoms with van der Waals surface area (Å²) in [7, 11) is 0. The van der Waals surface area contributed by atoms with Gasteiger partial charge in [-0.15, -0.1) is 0 Å². The number of nitrogens with one attached hydrogen (secondary N) is 4. The van der Waals surface area contributed by atoms with Crippen LogP contribution in [0, 0.1) is 5.92 Å². The van der Waals surface area contributed by atoms with Gasteiger partial charge in [-0.2, -0.15) is 5.10 Å². The van der Waals surface area contributed by atoms with Crippen LogP contribution in [0.4, 0.5) is 10.5 Å². The normalized spacial score (nSPS) is 15.7. The number of rotatable bonds is 8. The van der Waals surface area contributed by atoms with E-state index in [-0.39, 0.29) is 30.8 Å². The average molecular weight is 524 g/mol. The average Bonchev–Trinajstić information content (AvgIpc) is 3.35. The van der Waals surface area contributed by atoms with E-state index in [1.807, 2.05) is 79.9 Å². The van der Waals surface area contributed by atoms with Gasteiger partial charge < -0.3 is 20.4 Å². The predicted octanol–water partition coefficient (Wildman–Crippen LogP) is 4.50. The third kappa shape index (κ3) is 6.32. The molecular weight excluding hydrogens is 494 g/mol. The van der Waals surface area contributed by atoms with Gasteiger partial charge >= 0.3 is 6.09 Å². The number of aromatic amines is 1. The summed E-state index contributed by atoms with van der Waals surface area (Å²) in [4.78, 5) is 40.9. The molecule has 1 aliphatic heterocycles. The van der Waals surface area contributed by atoms with Gasteiger partial charge in [-0.25, -0.2) is 10.2 Å². The van der Waals surface area contributed by atoms with Crippen LogP contribution in [0.25, 0.3) is 10.9 Å². The summed E-state index contributed by atoms with van der Waals surface area (Å²) < 4.78 is 5.39. The number of anilines is 1. The molecule has 0 bridgehead atoms. The number of benzene rings is 3. The first-order valence-corrected chi connectivity index (χ1v) is 12.8. The zero-order chi connectivity index (χ0) is 27.2. The number of carbonyl (C=O) groups is 3. The number of amides is 3. The van der Waals surface area contributed by atoms with Gasteiger partial charge in [0.25, 0.3) is 0 Å². The second-order valence-electron chi connectivity index (χ2n) is 9.53. The van der Waals surface area contributed by atoms with Crippen molar-refractivity contribution in [1.82, 2.24) is 15.7 Å². The Morgan fingerprint density at radius 1 is 1.03 bits per heavy atom. The lowest BCUT2D eigenvalue weighted by molar-refractivity contribution is -0.122. The minimum Gasteiger partial charge on any atom is -0.445 e. The Bertz CT molecular complexity index is 1510. The highest BCUT2D eigenvalue weighted by atomic mass is 16.5. The van der Waals surface area contributed by atoms with E-state index >= 15 is 0 Å². The van der Waals surface area contributed by atoms with Crippen molar-refractivity contribution >= 4 is 40.2 Å². The number of carbonyl (C=O) groups excluding carboxylic acids is 3. The van der Waals surface area contributed by atoms with Crippen molar-refractivity contribution in [3.8, 4) is 0 Å². The van der Waals surface area contributed by atoms with Gasteiger partial charge in [0.2, 0.25) is 11.8 Å². The number of aromatic nitrogens is 1. The van der Waals surface area contributed by atoms with Gasteiger partial charge in [-0.05, 0) is 34.9 Å². The van der Waals surface area contributed by atoms with E-state index in [2.05, 4.69) is 26.1 Å². The number of hydrazone groups is 1. The molecule has 0 aliphatic carbocycles. The molecule has 1 aliphatic rings. The molecule has 1 aromatic heterocycles. The molecule has 2 atom stereocenters. The van der Waals surface area contributed by atoms with Crippen LogP contribution in [0.5, 0.6) is 0 Å². The van der Waals surface area contributed by atoms with Crippen molar-refractivity contribution in [3.05, 3.63) is 102 Å². The number of alkyl carbamates (subject to hydrolysis) is 1. The van der Waals surface area contributed by atoms with Crippen LogP contribution < -0.4 is 16.1 Å². The Hall–Kier alpha value is -4.92.